The van der Waals surface area contributed by atoms with Gasteiger partial charge in [0.05, 0.1) is 6.10 Å². The number of carboxylic acid groups (broad SMARTS) is 1. The Balaban J connectivity index is 1.87. The third-order valence-electron chi connectivity index (χ3n) is 3.77. The van der Waals surface area contributed by atoms with Gasteiger partial charge in [-0.1, -0.05) is 12.1 Å². The van der Waals surface area contributed by atoms with Gasteiger partial charge in [0.15, 0.2) is 0 Å². The van der Waals surface area contributed by atoms with E-state index in [0.717, 1.165) is 38.2 Å². The van der Waals surface area contributed by atoms with E-state index in [-0.39, 0.29) is 12.5 Å². The molecule has 0 spiro atoms. The van der Waals surface area contributed by atoms with Gasteiger partial charge in [-0.05, 0) is 56.8 Å². The molecule has 1 heterocycles. The van der Waals surface area contributed by atoms with E-state index >= 15 is 0 Å². The van der Waals surface area contributed by atoms with E-state index in [1.807, 2.05) is 26.0 Å². The Labute approximate surface area is 126 Å². The summed E-state index contributed by atoms with van der Waals surface area (Å²) in [7, 11) is 0. The van der Waals surface area contributed by atoms with Gasteiger partial charge >= 0.3 is 5.97 Å². The van der Waals surface area contributed by atoms with E-state index in [9.17, 15) is 4.79 Å². The second-order valence-corrected chi connectivity index (χ2v) is 6.15. The minimum absolute atomic E-state index is 0.190. The van der Waals surface area contributed by atoms with E-state index in [4.69, 9.17) is 9.84 Å². The third-order valence-corrected chi connectivity index (χ3v) is 3.77. The summed E-state index contributed by atoms with van der Waals surface area (Å²) in [5, 5.41) is 8.91. The number of carbonyl (C=O) groups is 1. The maximum absolute atomic E-state index is 10.8. The summed E-state index contributed by atoms with van der Waals surface area (Å²) < 4.78 is 5.64. The molecule has 1 saturated heterocycles. The van der Waals surface area contributed by atoms with Gasteiger partial charge in [-0.25, -0.2) is 0 Å². The number of aliphatic carboxylic acids is 1. The van der Waals surface area contributed by atoms with Crippen LogP contribution in [0.5, 0.6) is 5.75 Å². The largest absolute Gasteiger partial charge is 0.491 e. The molecule has 116 valence electrons. The molecule has 4 heteroatoms. The molecule has 21 heavy (non-hydrogen) atoms. The van der Waals surface area contributed by atoms with Crippen molar-refractivity contribution in [1.29, 1.82) is 0 Å². The summed E-state index contributed by atoms with van der Waals surface area (Å²) in [5.74, 6) is 0.507. The lowest BCUT2D eigenvalue weighted by molar-refractivity contribution is -0.138. The molecule has 0 aromatic heterocycles. The molecule has 0 aliphatic carbocycles. The lowest BCUT2D eigenvalue weighted by Crippen LogP contribution is -2.35. The third kappa shape index (κ3) is 5.38. The van der Waals surface area contributed by atoms with Crippen LogP contribution in [0.4, 0.5) is 0 Å². The van der Waals surface area contributed by atoms with Crippen molar-refractivity contribution in [3.8, 4) is 5.75 Å². The maximum atomic E-state index is 10.8. The second-order valence-electron chi connectivity index (χ2n) is 6.15. The van der Waals surface area contributed by atoms with Crippen LogP contribution in [-0.2, 0) is 11.3 Å². The summed E-state index contributed by atoms with van der Waals surface area (Å²) >= 11 is 0. The van der Waals surface area contributed by atoms with Crippen LogP contribution in [0.25, 0.3) is 0 Å². The molecule has 0 bridgehead atoms. The van der Waals surface area contributed by atoms with Crippen LogP contribution < -0.4 is 4.74 Å². The second kappa shape index (κ2) is 7.46. The molecular weight excluding hydrogens is 266 g/mol. The van der Waals surface area contributed by atoms with Crippen molar-refractivity contribution in [2.24, 2.45) is 5.92 Å². The maximum Gasteiger partial charge on any atom is 0.303 e. The smallest absolute Gasteiger partial charge is 0.303 e. The molecule has 4 nitrogen and oxygen atoms in total. The van der Waals surface area contributed by atoms with Crippen molar-refractivity contribution in [2.45, 2.75) is 45.8 Å². The number of likely N-dealkylation sites (tertiary alicyclic amines) is 1. The number of carboxylic acids is 1. The first-order valence-electron chi connectivity index (χ1n) is 7.72. The van der Waals surface area contributed by atoms with Gasteiger partial charge in [-0.15, -0.1) is 0 Å². The lowest BCUT2D eigenvalue weighted by Gasteiger charge is -2.32. The van der Waals surface area contributed by atoms with Gasteiger partial charge in [-0.2, -0.15) is 0 Å². The van der Waals surface area contributed by atoms with Crippen molar-refractivity contribution in [3.05, 3.63) is 29.8 Å². The Morgan fingerprint density at radius 1 is 1.38 bits per heavy atom. The topological polar surface area (TPSA) is 49.8 Å². The quantitative estimate of drug-likeness (QED) is 0.874. The molecule has 1 aromatic carbocycles. The number of hydrogen-bond acceptors (Lipinski definition) is 3. The van der Waals surface area contributed by atoms with Crippen LogP contribution in [0.3, 0.4) is 0 Å². The first-order valence-corrected chi connectivity index (χ1v) is 7.72. The van der Waals surface area contributed by atoms with E-state index in [2.05, 4.69) is 17.0 Å². The first kappa shape index (κ1) is 15.8. The molecule has 1 unspecified atom stereocenters. The highest BCUT2D eigenvalue weighted by Gasteiger charge is 2.21. The number of benzene rings is 1. The van der Waals surface area contributed by atoms with Crippen LogP contribution >= 0.6 is 0 Å². The predicted molar refractivity (Wildman–Crippen MR) is 82.5 cm³/mol. The summed E-state index contributed by atoms with van der Waals surface area (Å²) in [6, 6.07) is 8.21. The fourth-order valence-corrected chi connectivity index (χ4v) is 2.91. The Hall–Kier alpha value is -1.55. The number of nitrogens with zero attached hydrogens (tertiary/aromatic N) is 1. The van der Waals surface area contributed by atoms with Crippen molar-refractivity contribution < 1.29 is 14.6 Å². The van der Waals surface area contributed by atoms with Crippen molar-refractivity contribution >= 4 is 5.97 Å². The summed E-state index contributed by atoms with van der Waals surface area (Å²) in [6.45, 7) is 6.86. The number of rotatable bonds is 6. The van der Waals surface area contributed by atoms with E-state index in [0.29, 0.717) is 5.92 Å². The van der Waals surface area contributed by atoms with E-state index in [1.165, 1.54) is 5.56 Å². The minimum atomic E-state index is -0.683. The standard InChI is InChI=1S/C17H25NO3/c1-13(2)21-16-7-5-14(6-8-16)11-18-9-3-4-15(12-18)10-17(19)20/h5-8,13,15H,3-4,9-12H2,1-2H3,(H,19,20). The molecule has 2 rings (SSSR count). The molecule has 1 aromatic rings. The Kier molecular flexibility index (Phi) is 5.62. The first-order chi connectivity index (χ1) is 10.0. The average molecular weight is 291 g/mol. The average Bonchev–Trinajstić information content (AvgIpc) is 2.40. The summed E-state index contributed by atoms with van der Waals surface area (Å²) in [6.07, 6.45) is 2.60. The Bertz CT molecular complexity index is 456. The van der Waals surface area contributed by atoms with Crippen LogP contribution in [0.2, 0.25) is 0 Å². The normalized spacial score (nSPS) is 19.7. The number of piperidine rings is 1. The summed E-state index contributed by atoms with van der Waals surface area (Å²) in [4.78, 5) is 13.2. The molecular formula is C17H25NO3. The Morgan fingerprint density at radius 3 is 2.71 bits per heavy atom. The van der Waals surface area contributed by atoms with Crippen LogP contribution in [0.15, 0.2) is 24.3 Å². The predicted octanol–water partition coefficient (Wildman–Crippen LogP) is 3.16. The van der Waals surface area contributed by atoms with Crippen molar-refractivity contribution in [1.82, 2.24) is 4.90 Å². The molecule has 1 N–H and O–H groups in total. The molecule has 1 fully saturated rings. The van der Waals surface area contributed by atoms with Crippen molar-refractivity contribution in [2.75, 3.05) is 13.1 Å². The molecule has 1 aliphatic rings. The fraction of sp³-hybridized carbons (Fsp3) is 0.588. The van der Waals surface area contributed by atoms with Crippen LogP contribution in [-0.4, -0.2) is 35.2 Å². The van der Waals surface area contributed by atoms with Gasteiger partial charge in [0.25, 0.3) is 0 Å². The van der Waals surface area contributed by atoms with E-state index in [1.54, 1.807) is 0 Å². The van der Waals surface area contributed by atoms with Gasteiger partial charge in [0.1, 0.15) is 5.75 Å². The van der Waals surface area contributed by atoms with Crippen molar-refractivity contribution in [3.63, 3.8) is 0 Å². The molecule has 1 atom stereocenters. The molecule has 0 radical (unpaired) electrons. The lowest BCUT2D eigenvalue weighted by atomic mass is 9.94. The highest BCUT2D eigenvalue weighted by atomic mass is 16.5. The zero-order valence-corrected chi connectivity index (χ0v) is 12.9. The minimum Gasteiger partial charge on any atom is -0.491 e. The van der Waals surface area contributed by atoms with Gasteiger partial charge in [0.2, 0.25) is 0 Å². The summed E-state index contributed by atoms with van der Waals surface area (Å²) in [5.41, 5.74) is 1.25. The molecule has 0 amide bonds. The zero-order chi connectivity index (χ0) is 15.2. The molecule has 1 aliphatic heterocycles. The highest BCUT2D eigenvalue weighted by Crippen LogP contribution is 2.22. The number of ether oxygens (including phenoxy) is 1. The monoisotopic (exact) mass is 291 g/mol. The number of hydrogen-bond donors (Lipinski definition) is 1. The van der Waals surface area contributed by atoms with Gasteiger partial charge < -0.3 is 9.84 Å². The molecule has 0 saturated carbocycles. The highest BCUT2D eigenvalue weighted by molar-refractivity contribution is 5.67. The van der Waals surface area contributed by atoms with Gasteiger partial charge in [-0.3, -0.25) is 9.69 Å². The fourth-order valence-electron chi connectivity index (χ4n) is 2.91. The van der Waals surface area contributed by atoms with Crippen LogP contribution in [0, 0.1) is 5.92 Å². The van der Waals surface area contributed by atoms with E-state index < -0.39 is 5.97 Å². The SMILES string of the molecule is CC(C)Oc1ccc(CN2CCCC(CC(=O)O)C2)cc1. The Morgan fingerprint density at radius 2 is 2.10 bits per heavy atom. The van der Waals surface area contributed by atoms with Crippen LogP contribution in [0.1, 0.15) is 38.7 Å². The van der Waals surface area contributed by atoms with Gasteiger partial charge in [0, 0.05) is 19.5 Å². The zero-order valence-electron chi connectivity index (χ0n) is 12.9.